The third-order valence-electron chi connectivity index (χ3n) is 5.44. The van der Waals surface area contributed by atoms with Crippen LogP contribution in [0.2, 0.25) is 0 Å². The first-order chi connectivity index (χ1) is 17.3. The van der Waals surface area contributed by atoms with Crippen LogP contribution < -0.4 is 16.1 Å². The van der Waals surface area contributed by atoms with Crippen molar-refractivity contribution in [2.45, 2.75) is 48.1 Å². The van der Waals surface area contributed by atoms with E-state index in [4.69, 9.17) is 8.60 Å². The molecule has 3 rings (SSSR count). The minimum absolute atomic E-state index is 0.0239. The zero-order chi connectivity index (χ0) is 28.6. The van der Waals surface area contributed by atoms with Gasteiger partial charge in [0.25, 0.3) is 10.1 Å². The van der Waals surface area contributed by atoms with E-state index in [1.165, 1.54) is 30.3 Å². The normalized spacial score (nSPS) is 12.4. The van der Waals surface area contributed by atoms with Crippen molar-refractivity contribution >= 4 is 44.3 Å². The predicted molar refractivity (Wildman–Crippen MR) is 144 cm³/mol. The molecule has 0 aliphatic carbocycles. The largest absolute Gasteiger partial charge is 0.456 e. The van der Waals surface area contributed by atoms with Crippen molar-refractivity contribution < 1.29 is 31.0 Å². The van der Waals surface area contributed by atoms with Gasteiger partial charge in [0.15, 0.2) is 5.43 Å². The Morgan fingerprint density at radius 3 is 2.03 bits per heavy atom. The molecule has 9 nitrogen and oxygen atoms in total. The van der Waals surface area contributed by atoms with Crippen LogP contribution in [0.4, 0.5) is 15.8 Å². The van der Waals surface area contributed by atoms with Crippen molar-refractivity contribution in [1.82, 2.24) is 0 Å². The minimum Gasteiger partial charge on any atom is -0.456 e. The maximum Gasteiger partial charge on any atom is 0.264 e. The van der Waals surface area contributed by atoms with Crippen LogP contribution >= 0.6 is 0 Å². The van der Waals surface area contributed by atoms with Crippen molar-refractivity contribution in [3.63, 3.8) is 0 Å². The van der Waals surface area contributed by atoms with E-state index in [-0.39, 0.29) is 52.1 Å². The summed E-state index contributed by atoms with van der Waals surface area (Å²) in [6.45, 7) is 9.83. The summed E-state index contributed by atoms with van der Waals surface area (Å²) in [6.07, 6.45) is 0.899. The summed E-state index contributed by atoms with van der Waals surface area (Å²) >= 11 is 0. The fourth-order valence-corrected chi connectivity index (χ4v) is 3.59. The van der Waals surface area contributed by atoms with E-state index in [1.807, 2.05) is 0 Å². The number of hydrogen-bond donors (Lipinski definition) is 2. The van der Waals surface area contributed by atoms with Gasteiger partial charge in [0.05, 0.1) is 29.6 Å². The average molecular weight is 547 g/mol. The highest BCUT2D eigenvalue weighted by atomic mass is 32.2. The summed E-state index contributed by atoms with van der Waals surface area (Å²) in [6, 6.07) is 8.02. The standard InChI is InChI=1S/C27H31FN2O7S/c1-26(2,3)24(32)29-18-9-8-16(12-17(18)28)21-13-20(31)23-19(30-25(33)27(4,5)6)10-15(11-22(23)37-21)14-36-38(7,34)35/h8-13H,14H2,1-7H3,(H,29,32)(H,30,33). The molecule has 11 heteroatoms. The minimum atomic E-state index is -3.77. The van der Waals surface area contributed by atoms with Gasteiger partial charge < -0.3 is 15.1 Å². The number of halogens is 1. The molecular formula is C27H31FN2O7S. The van der Waals surface area contributed by atoms with E-state index in [2.05, 4.69) is 10.6 Å². The molecule has 0 fully saturated rings. The van der Waals surface area contributed by atoms with E-state index < -0.39 is 32.2 Å². The Labute approximate surface area is 220 Å². The molecule has 3 aromatic rings. The summed E-state index contributed by atoms with van der Waals surface area (Å²) in [5.41, 5.74) is -1.33. The fourth-order valence-electron chi connectivity index (χ4n) is 3.23. The van der Waals surface area contributed by atoms with E-state index in [0.29, 0.717) is 5.56 Å². The number of carbonyl (C=O) groups is 2. The highest BCUT2D eigenvalue weighted by Gasteiger charge is 2.24. The highest BCUT2D eigenvalue weighted by molar-refractivity contribution is 7.85. The molecule has 0 aliphatic heterocycles. The van der Waals surface area contributed by atoms with Gasteiger partial charge >= 0.3 is 0 Å². The van der Waals surface area contributed by atoms with Gasteiger partial charge in [-0.3, -0.25) is 18.6 Å². The van der Waals surface area contributed by atoms with Gasteiger partial charge in [-0.2, -0.15) is 8.42 Å². The molecule has 0 saturated heterocycles. The maximum absolute atomic E-state index is 14.8. The molecule has 1 heterocycles. The van der Waals surface area contributed by atoms with E-state index in [0.717, 1.165) is 12.3 Å². The van der Waals surface area contributed by atoms with Crippen LogP contribution in [0.25, 0.3) is 22.3 Å². The SMILES string of the molecule is CC(C)(C)C(=O)Nc1ccc(-c2cc(=O)c3c(NC(=O)C(C)(C)C)cc(COS(C)(=O)=O)cc3o2)cc1F. The number of amides is 2. The second kappa shape index (κ2) is 10.3. The number of benzene rings is 2. The van der Waals surface area contributed by atoms with Crippen LogP contribution in [0.5, 0.6) is 0 Å². The van der Waals surface area contributed by atoms with Crippen molar-refractivity contribution in [3.8, 4) is 11.3 Å². The summed E-state index contributed by atoms with van der Waals surface area (Å²) in [4.78, 5) is 38.1. The molecule has 0 bridgehead atoms. The smallest absolute Gasteiger partial charge is 0.264 e. The van der Waals surface area contributed by atoms with Crippen LogP contribution in [-0.4, -0.2) is 26.5 Å². The first kappa shape index (κ1) is 29.0. The summed E-state index contributed by atoms with van der Waals surface area (Å²) < 4.78 is 48.7. The quantitative estimate of drug-likeness (QED) is 0.414. The van der Waals surface area contributed by atoms with Crippen molar-refractivity contribution in [1.29, 1.82) is 0 Å². The molecule has 0 atom stereocenters. The van der Waals surface area contributed by atoms with E-state index >= 15 is 0 Å². The molecule has 0 radical (unpaired) electrons. The number of anilines is 2. The average Bonchev–Trinajstić information content (AvgIpc) is 2.76. The zero-order valence-electron chi connectivity index (χ0n) is 22.3. The van der Waals surface area contributed by atoms with Crippen molar-refractivity contribution in [2.24, 2.45) is 10.8 Å². The molecule has 2 aromatic carbocycles. The van der Waals surface area contributed by atoms with Crippen LogP contribution in [0, 0.1) is 16.6 Å². The fraction of sp³-hybridized carbons (Fsp3) is 0.370. The van der Waals surface area contributed by atoms with Crippen LogP contribution in [0.3, 0.4) is 0 Å². The second-order valence-electron chi connectivity index (χ2n) is 11.1. The van der Waals surface area contributed by atoms with Gasteiger partial charge in [0, 0.05) is 22.5 Å². The Kier molecular flexibility index (Phi) is 7.86. The summed E-state index contributed by atoms with van der Waals surface area (Å²) in [5, 5.41) is 5.30. The van der Waals surface area contributed by atoms with Gasteiger partial charge in [-0.1, -0.05) is 41.5 Å². The number of nitrogens with one attached hydrogen (secondary N) is 2. The molecule has 0 aliphatic rings. The van der Waals surface area contributed by atoms with Gasteiger partial charge in [0.2, 0.25) is 11.8 Å². The lowest BCUT2D eigenvalue weighted by Crippen LogP contribution is -2.28. The third kappa shape index (κ3) is 7.05. The van der Waals surface area contributed by atoms with Crippen LogP contribution in [0.1, 0.15) is 47.1 Å². The summed E-state index contributed by atoms with van der Waals surface area (Å²) in [7, 11) is -3.77. The van der Waals surface area contributed by atoms with E-state index in [9.17, 15) is 27.2 Å². The second-order valence-corrected chi connectivity index (χ2v) is 12.7. The lowest BCUT2D eigenvalue weighted by molar-refractivity contribution is -0.123. The molecule has 1 aromatic heterocycles. The Balaban J connectivity index is 2.11. The number of fused-ring (bicyclic) bond motifs is 1. The Morgan fingerprint density at radius 2 is 1.50 bits per heavy atom. The zero-order valence-corrected chi connectivity index (χ0v) is 23.1. The predicted octanol–water partition coefficient (Wildman–Crippen LogP) is 5.04. The van der Waals surface area contributed by atoms with Gasteiger partial charge in [-0.25, -0.2) is 4.39 Å². The monoisotopic (exact) mass is 546 g/mol. The van der Waals surface area contributed by atoms with Crippen LogP contribution in [0.15, 0.2) is 45.6 Å². The van der Waals surface area contributed by atoms with Gasteiger partial charge in [-0.15, -0.1) is 0 Å². The number of hydrogen-bond acceptors (Lipinski definition) is 7. The molecule has 2 N–H and O–H groups in total. The maximum atomic E-state index is 14.8. The Bertz CT molecular complexity index is 1580. The Hall–Kier alpha value is -3.57. The summed E-state index contributed by atoms with van der Waals surface area (Å²) in [5.74, 6) is -1.44. The molecule has 0 saturated carbocycles. The molecule has 204 valence electrons. The van der Waals surface area contributed by atoms with Crippen molar-refractivity contribution in [2.75, 3.05) is 16.9 Å². The lowest BCUT2D eigenvalue weighted by Gasteiger charge is -2.19. The van der Waals surface area contributed by atoms with E-state index in [1.54, 1.807) is 41.5 Å². The lowest BCUT2D eigenvalue weighted by atomic mass is 9.95. The molecule has 0 unspecified atom stereocenters. The van der Waals surface area contributed by atoms with Gasteiger partial charge in [-0.05, 0) is 35.9 Å². The number of rotatable bonds is 6. The van der Waals surface area contributed by atoms with Crippen LogP contribution in [-0.2, 0) is 30.5 Å². The first-order valence-corrected chi connectivity index (χ1v) is 13.5. The highest BCUT2D eigenvalue weighted by Crippen LogP contribution is 2.31. The molecular weight excluding hydrogens is 515 g/mol. The number of carbonyl (C=O) groups excluding carboxylic acids is 2. The first-order valence-electron chi connectivity index (χ1n) is 11.7. The van der Waals surface area contributed by atoms with Gasteiger partial charge in [0.1, 0.15) is 17.2 Å². The topological polar surface area (TPSA) is 132 Å². The van der Waals surface area contributed by atoms with Crippen molar-refractivity contribution in [3.05, 3.63) is 58.0 Å². The molecule has 38 heavy (non-hydrogen) atoms. The molecule has 2 amide bonds. The Morgan fingerprint density at radius 1 is 0.921 bits per heavy atom. The third-order valence-corrected chi connectivity index (χ3v) is 5.99. The molecule has 0 spiro atoms.